The molecular formula is C21H28FN3O3. The Morgan fingerprint density at radius 3 is 2.82 bits per heavy atom. The fourth-order valence-electron chi connectivity index (χ4n) is 4.66. The molecule has 0 radical (unpaired) electrons. The molecule has 28 heavy (non-hydrogen) atoms. The number of nitrogens with zero attached hydrogens (tertiary/aromatic N) is 2. The lowest BCUT2D eigenvalue weighted by Crippen LogP contribution is -2.54. The summed E-state index contributed by atoms with van der Waals surface area (Å²) in [5.74, 6) is -0.138. The third-order valence-corrected chi connectivity index (χ3v) is 6.38. The molecule has 3 aliphatic rings. The molecule has 0 aromatic heterocycles. The summed E-state index contributed by atoms with van der Waals surface area (Å²) in [7, 11) is 0. The van der Waals surface area contributed by atoms with Gasteiger partial charge in [0.05, 0.1) is 6.10 Å². The van der Waals surface area contributed by atoms with Crippen molar-refractivity contribution in [3.8, 4) is 0 Å². The minimum atomic E-state index is -0.367. The number of nitrogens with one attached hydrogen (secondary N) is 1. The lowest BCUT2D eigenvalue weighted by molar-refractivity contribution is -0.140. The molecule has 7 heteroatoms. The molecule has 0 aliphatic carbocycles. The Hall–Kier alpha value is -2.15. The second-order valence-electron chi connectivity index (χ2n) is 8.34. The van der Waals surface area contributed by atoms with Crippen molar-refractivity contribution in [2.24, 2.45) is 5.41 Å². The van der Waals surface area contributed by atoms with Gasteiger partial charge in [0.1, 0.15) is 5.82 Å². The van der Waals surface area contributed by atoms with E-state index in [0.717, 1.165) is 45.3 Å². The van der Waals surface area contributed by atoms with Gasteiger partial charge in [0.2, 0.25) is 5.91 Å². The summed E-state index contributed by atoms with van der Waals surface area (Å²) in [4.78, 5) is 28.7. The number of rotatable bonds is 3. The molecule has 3 aliphatic heterocycles. The van der Waals surface area contributed by atoms with Crippen molar-refractivity contribution >= 4 is 17.6 Å². The van der Waals surface area contributed by atoms with Crippen LogP contribution < -0.4 is 5.32 Å². The van der Waals surface area contributed by atoms with Gasteiger partial charge in [0.25, 0.3) is 0 Å². The van der Waals surface area contributed by atoms with Crippen molar-refractivity contribution in [1.82, 2.24) is 9.80 Å². The highest BCUT2D eigenvalue weighted by Gasteiger charge is 2.42. The number of carbonyl (C=O) groups is 2. The highest BCUT2D eigenvalue weighted by atomic mass is 19.1. The van der Waals surface area contributed by atoms with Crippen LogP contribution in [0.5, 0.6) is 0 Å². The van der Waals surface area contributed by atoms with Crippen LogP contribution in [0.25, 0.3) is 0 Å². The van der Waals surface area contributed by atoms with Gasteiger partial charge in [-0.1, -0.05) is 6.07 Å². The number of piperidine rings is 2. The van der Waals surface area contributed by atoms with Gasteiger partial charge in [-0.2, -0.15) is 0 Å². The van der Waals surface area contributed by atoms with Crippen LogP contribution in [0, 0.1) is 11.2 Å². The first-order chi connectivity index (χ1) is 13.5. The summed E-state index contributed by atoms with van der Waals surface area (Å²) in [6.45, 7) is 3.58. The van der Waals surface area contributed by atoms with Crippen molar-refractivity contribution in [3.05, 3.63) is 30.1 Å². The van der Waals surface area contributed by atoms with E-state index in [-0.39, 0.29) is 29.3 Å². The van der Waals surface area contributed by atoms with Gasteiger partial charge in [-0.3, -0.25) is 4.79 Å². The van der Waals surface area contributed by atoms with Gasteiger partial charge in [-0.15, -0.1) is 0 Å². The molecule has 4 rings (SSSR count). The molecule has 3 fully saturated rings. The third kappa shape index (κ3) is 4.29. The summed E-state index contributed by atoms with van der Waals surface area (Å²) in [5.41, 5.74) is 0.568. The van der Waals surface area contributed by atoms with E-state index in [1.54, 1.807) is 17.0 Å². The molecule has 0 saturated carbocycles. The van der Waals surface area contributed by atoms with Crippen molar-refractivity contribution in [2.75, 3.05) is 38.1 Å². The average molecular weight is 389 g/mol. The van der Waals surface area contributed by atoms with E-state index in [4.69, 9.17) is 4.74 Å². The number of carbonyl (C=O) groups excluding carboxylic acids is 2. The zero-order chi connectivity index (χ0) is 19.6. The van der Waals surface area contributed by atoms with E-state index >= 15 is 0 Å². The molecule has 6 nitrogen and oxygen atoms in total. The molecule has 3 saturated heterocycles. The van der Waals surface area contributed by atoms with Crippen LogP contribution in [0.15, 0.2) is 24.3 Å². The van der Waals surface area contributed by atoms with Gasteiger partial charge >= 0.3 is 6.03 Å². The van der Waals surface area contributed by atoms with Crippen molar-refractivity contribution < 1.29 is 18.7 Å². The van der Waals surface area contributed by atoms with Crippen molar-refractivity contribution in [3.63, 3.8) is 0 Å². The van der Waals surface area contributed by atoms with Crippen LogP contribution >= 0.6 is 0 Å². The van der Waals surface area contributed by atoms with Crippen LogP contribution in [0.2, 0.25) is 0 Å². The molecule has 1 aromatic rings. The van der Waals surface area contributed by atoms with E-state index < -0.39 is 0 Å². The van der Waals surface area contributed by atoms with E-state index in [1.807, 2.05) is 4.90 Å². The molecule has 1 aromatic carbocycles. The SMILES string of the molecule is O=C1CCC2(CCN(C(=O)Nc3cccc(F)c3)CC2)CN1C[C@@H]1CCCO1. The lowest BCUT2D eigenvalue weighted by atomic mass is 9.72. The average Bonchev–Trinajstić information content (AvgIpc) is 3.19. The summed E-state index contributed by atoms with van der Waals surface area (Å²) < 4.78 is 19.0. The Morgan fingerprint density at radius 1 is 1.29 bits per heavy atom. The van der Waals surface area contributed by atoms with Gasteiger partial charge in [-0.05, 0) is 55.7 Å². The van der Waals surface area contributed by atoms with Crippen LogP contribution in [0.4, 0.5) is 14.9 Å². The van der Waals surface area contributed by atoms with Gasteiger partial charge in [0, 0.05) is 44.9 Å². The number of likely N-dealkylation sites (tertiary alicyclic amines) is 2. The Morgan fingerprint density at radius 2 is 2.11 bits per heavy atom. The molecule has 0 bridgehead atoms. The second-order valence-corrected chi connectivity index (χ2v) is 8.34. The number of hydrogen-bond acceptors (Lipinski definition) is 3. The summed E-state index contributed by atoms with van der Waals surface area (Å²) in [6.07, 6.45) is 5.54. The number of halogens is 1. The van der Waals surface area contributed by atoms with E-state index in [9.17, 15) is 14.0 Å². The lowest BCUT2D eigenvalue weighted by Gasteiger charge is -2.47. The monoisotopic (exact) mass is 389 g/mol. The first kappa shape index (κ1) is 19.2. The summed E-state index contributed by atoms with van der Waals surface area (Å²) in [6, 6.07) is 5.75. The number of amides is 3. The third-order valence-electron chi connectivity index (χ3n) is 6.38. The fourth-order valence-corrected chi connectivity index (χ4v) is 4.66. The normalized spacial score (nSPS) is 24.6. The van der Waals surface area contributed by atoms with Crippen molar-refractivity contribution in [2.45, 2.75) is 44.6 Å². The maximum absolute atomic E-state index is 13.3. The molecular weight excluding hydrogens is 361 g/mol. The Bertz CT molecular complexity index is 727. The van der Waals surface area contributed by atoms with E-state index in [0.29, 0.717) is 31.7 Å². The maximum atomic E-state index is 13.3. The Balaban J connectivity index is 1.32. The smallest absolute Gasteiger partial charge is 0.321 e. The van der Waals surface area contributed by atoms with Gasteiger partial charge in [-0.25, -0.2) is 9.18 Å². The minimum Gasteiger partial charge on any atom is -0.376 e. The first-order valence-electron chi connectivity index (χ1n) is 10.2. The predicted molar refractivity (Wildman–Crippen MR) is 103 cm³/mol. The van der Waals surface area contributed by atoms with Crippen LogP contribution in [0.3, 0.4) is 0 Å². The maximum Gasteiger partial charge on any atom is 0.321 e. The summed E-state index contributed by atoms with van der Waals surface area (Å²) in [5, 5.41) is 2.77. The number of urea groups is 1. The van der Waals surface area contributed by atoms with Crippen molar-refractivity contribution in [1.29, 1.82) is 0 Å². The highest BCUT2D eigenvalue weighted by molar-refractivity contribution is 5.89. The molecule has 152 valence electrons. The molecule has 3 amide bonds. The summed E-state index contributed by atoms with van der Waals surface area (Å²) >= 11 is 0. The second kappa shape index (κ2) is 8.07. The number of ether oxygens (including phenoxy) is 1. The zero-order valence-electron chi connectivity index (χ0n) is 16.2. The molecule has 1 spiro atoms. The largest absolute Gasteiger partial charge is 0.376 e. The minimum absolute atomic E-state index is 0.0994. The highest BCUT2D eigenvalue weighted by Crippen LogP contribution is 2.40. The van der Waals surface area contributed by atoms with Crippen LogP contribution in [-0.4, -0.2) is 60.6 Å². The fraction of sp³-hybridized carbons (Fsp3) is 0.619. The number of benzene rings is 1. The first-order valence-corrected chi connectivity index (χ1v) is 10.2. The van der Waals surface area contributed by atoms with E-state index in [2.05, 4.69) is 5.32 Å². The van der Waals surface area contributed by atoms with E-state index in [1.165, 1.54) is 12.1 Å². The standard InChI is InChI=1S/C21H28FN3O3/c22-16-3-1-4-17(13-16)23-20(27)24-10-8-21(9-11-24)7-6-19(26)25(15-21)14-18-5-2-12-28-18/h1,3-4,13,18H,2,5-12,14-15H2,(H,23,27)/t18-/m0/s1. The quantitative estimate of drug-likeness (QED) is 0.863. The number of anilines is 1. The predicted octanol–water partition coefficient (Wildman–Crippen LogP) is 3.24. The Kier molecular flexibility index (Phi) is 5.53. The van der Waals surface area contributed by atoms with Crippen LogP contribution in [0.1, 0.15) is 38.5 Å². The number of hydrogen-bond donors (Lipinski definition) is 1. The molecule has 1 atom stereocenters. The van der Waals surface area contributed by atoms with Gasteiger partial charge < -0.3 is 19.9 Å². The molecule has 0 unspecified atom stereocenters. The zero-order valence-corrected chi connectivity index (χ0v) is 16.2. The molecule has 3 heterocycles. The topological polar surface area (TPSA) is 61.9 Å². The Labute approximate surface area is 165 Å². The molecule has 1 N–H and O–H groups in total. The van der Waals surface area contributed by atoms with Gasteiger partial charge in [0.15, 0.2) is 0 Å². The van der Waals surface area contributed by atoms with Crippen LogP contribution in [-0.2, 0) is 9.53 Å².